The Bertz CT molecular complexity index is 405. The minimum absolute atomic E-state index is 0.144. The molecule has 4 nitrogen and oxygen atoms in total. The van der Waals surface area contributed by atoms with Crippen molar-refractivity contribution in [1.29, 1.82) is 0 Å². The van der Waals surface area contributed by atoms with E-state index in [1.54, 1.807) is 13.8 Å². The van der Waals surface area contributed by atoms with Crippen LogP contribution in [0.15, 0.2) is 6.20 Å². The lowest BCUT2D eigenvalue weighted by atomic mass is 10.2. The third-order valence-corrected chi connectivity index (χ3v) is 2.66. The molecule has 0 bridgehead atoms. The van der Waals surface area contributed by atoms with E-state index in [4.69, 9.17) is 4.74 Å². The third-order valence-electron chi connectivity index (χ3n) is 2.66. The van der Waals surface area contributed by atoms with Crippen molar-refractivity contribution in [2.75, 3.05) is 6.61 Å². The molecule has 1 rings (SSSR count). The molecule has 0 aliphatic rings. The Labute approximate surface area is 105 Å². The zero-order chi connectivity index (χ0) is 13.7. The second-order valence-electron chi connectivity index (χ2n) is 4.05. The summed E-state index contributed by atoms with van der Waals surface area (Å²) in [5.74, 6) is -0.747. The maximum absolute atomic E-state index is 13.1. The topological polar surface area (TPSA) is 44.1 Å². The molecule has 6 heteroatoms. The van der Waals surface area contributed by atoms with E-state index in [0.29, 0.717) is 0 Å². The molecule has 1 heterocycles. The number of halogens is 2. The summed E-state index contributed by atoms with van der Waals surface area (Å²) in [5, 5.41) is 3.90. The van der Waals surface area contributed by atoms with Gasteiger partial charge in [-0.25, -0.2) is 13.6 Å². The molecule has 0 amide bonds. The Morgan fingerprint density at radius 1 is 1.50 bits per heavy atom. The predicted molar refractivity (Wildman–Crippen MR) is 62.8 cm³/mol. The Hall–Kier alpha value is -1.46. The maximum atomic E-state index is 13.1. The van der Waals surface area contributed by atoms with Crippen LogP contribution in [0.2, 0.25) is 0 Å². The number of nitrogens with zero attached hydrogens (tertiary/aromatic N) is 2. The lowest BCUT2D eigenvalue weighted by Gasteiger charge is -2.15. The van der Waals surface area contributed by atoms with Gasteiger partial charge in [-0.15, -0.1) is 0 Å². The van der Waals surface area contributed by atoms with Crippen molar-refractivity contribution in [2.45, 2.75) is 46.1 Å². The van der Waals surface area contributed by atoms with Gasteiger partial charge in [0.1, 0.15) is 11.3 Å². The van der Waals surface area contributed by atoms with Gasteiger partial charge in [-0.1, -0.05) is 13.3 Å². The van der Waals surface area contributed by atoms with Crippen LogP contribution in [0.4, 0.5) is 8.78 Å². The van der Waals surface area contributed by atoms with Crippen molar-refractivity contribution in [3.63, 3.8) is 0 Å². The fourth-order valence-electron chi connectivity index (χ4n) is 1.85. The number of rotatable bonds is 6. The van der Waals surface area contributed by atoms with Crippen LogP contribution in [0.1, 0.15) is 62.1 Å². The predicted octanol–water partition coefficient (Wildman–Crippen LogP) is 3.36. The number of aromatic nitrogens is 2. The van der Waals surface area contributed by atoms with Gasteiger partial charge in [0.05, 0.1) is 12.8 Å². The van der Waals surface area contributed by atoms with Gasteiger partial charge >= 0.3 is 5.97 Å². The molecule has 1 atom stereocenters. The van der Waals surface area contributed by atoms with Gasteiger partial charge in [-0.05, 0) is 20.3 Å². The first-order valence-electron chi connectivity index (χ1n) is 6.05. The van der Waals surface area contributed by atoms with Crippen LogP contribution in [0.3, 0.4) is 0 Å². The average Bonchev–Trinajstić information content (AvgIpc) is 2.74. The molecule has 0 radical (unpaired) electrons. The molecule has 102 valence electrons. The molecule has 0 saturated heterocycles. The molecule has 1 aromatic rings. The molecule has 0 aromatic carbocycles. The molecule has 0 aliphatic carbocycles. The summed E-state index contributed by atoms with van der Waals surface area (Å²) in [5.41, 5.74) is -0.496. The first kappa shape index (κ1) is 14.6. The summed E-state index contributed by atoms with van der Waals surface area (Å²) < 4.78 is 32.1. The van der Waals surface area contributed by atoms with Crippen LogP contribution >= 0.6 is 0 Å². The van der Waals surface area contributed by atoms with Crippen LogP contribution in [-0.4, -0.2) is 22.4 Å². The molecule has 0 spiro atoms. The number of hydrogen-bond acceptors (Lipinski definition) is 3. The van der Waals surface area contributed by atoms with Gasteiger partial charge < -0.3 is 4.74 Å². The highest BCUT2D eigenvalue weighted by molar-refractivity contribution is 5.90. The van der Waals surface area contributed by atoms with E-state index in [2.05, 4.69) is 5.10 Å². The Balaban J connectivity index is 3.10. The van der Waals surface area contributed by atoms with E-state index in [9.17, 15) is 13.6 Å². The van der Waals surface area contributed by atoms with Gasteiger partial charge in [-0.2, -0.15) is 5.10 Å². The summed E-state index contributed by atoms with van der Waals surface area (Å²) in [6.45, 7) is 5.55. The molecular formula is C12H18F2N2O2. The molecule has 0 N–H and O–H groups in total. The van der Waals surface area contributed by atoms with E-state index < -0.39 is 12.4 Å². The number of alkyl halides is 2. The lowest BCUT2D eigenvalue weighted by molar-refractivity contribution is 0.0513. The van der Waals surface area contributed by atoms with E-state index in [1.807, 2.05) is 6.92 Å². The third kappa shape index (κ3) is 3.05. The van der Waals surface area contributed by atoms with Crippen molar-refractivity contribution in [2.24, 2.45) is 0 Å². The maximum Gasteiger partial charge on any atom is 0.341 e. The quantitative estimate of drug-likeness (QED) is 0.737. The fraction of sp³-hybridized carbons (Fsp3) is 0.667. The first-order chi connectivity index (χ1) is 8.52. The number of carbonyl (C=O) groups excluding carboxylic acids is 1. The molecular weight excluding hydrogens is 242 g/mol. The molecule has 1 aromatic heterocycles. The van der Waals surface area contributed by atoms with Crippen molar-refractivity contribution in [1.82, 2.24) is 9.78 Å². The number of ether oxygens (including phenoxy) is 1. The average molecular weight is 260 g/mol. The highest BCUT2D eigenvalue weighted by Gasteiger charge is 2.27. The summed E-state index contributed by atoms with van der Waals surface area (Å²) in [7, 11) is 0. The minimum Gasteiger partial charge on any atom is -0.462 e. The fourth-order valence-corrected chi connectivity index (χ4v) is 1.85. The van der Waals surface area contributed by atoms with E-state index in [0.717, 1.165) is 19.0 Å². The van der Waals surface area contributed by atoms with Crippen LogP contribution in [-0.2, 0) is 4.74 Å². The lowest BCUT2D eigenvalue weighted by Crippen LogP contribution is -2.14. The first-order valence-corrected chi connectivity index (χ1v) is 6.05. The van der Waals surface area contributed by atoms with Gasteiger partial charge in [0.2, 0.25) is 0 Å². The summed E-state index contributed by atoms with van der Waals surface area (Å²) >= 11 is 0. The van der Waals surface area contributed by atoms with Crippen molar-refractivity contribution >= 4 is 5.97 Å². The van der Waals surface area contributed by atoms with Gasteiger partial charge in [0.25, 0.3) is 6.43 Å². The monoisotopic (exact) mass is 260 g/mol. The Kier molecular flexibility index (Phi) is 5.25. The molecule has 0 saturated carbocycles. The number of esters is 1. The van der Waals surface area contributed by atoms with E-state index in [-0.39, 0.29) is 23.9 Å². The largest absolute Gasteiger partial charge is 0.462 e. The minimum atomic E-state index is -2.74. The number of carbonyl (C=O) groups is 1. The highest BCUT2D eigenvalue weighted by atomic mass is 19.3. The highest BCUT2D eigenvalue weighted by Crippen LogP contribution is 2.27. The normalized spacial score (nSPS) is 12.8. The van der Waals surface area contributed by atoms with Crippen molar-refractivity contribution in [3.8, 4) is 0 Å². The summed E-state index contributed by atoms with van der Waals surface area (Å²) in [6, 6.07) is -0.165. The zero-order valence-electron chi connectivity index (χ0n) is 10.8. The van der Waals surface area contributed by atoms with Crippen LogP contribution in [0, 0.1) is 0 Å². The van der Waals surface area contributed by atoms with E-state index >= 15 is 0 Å². The standard InChI is InChI=1S/C12H18F2N2O2/c1-4-6-8(3)16-10(11(13)14)9(7-15-16)12(17)18-5-2/h7-8,11H,4-6H2,1-3H3. The van der Waals surface area contributed by atoms with Crippen molar-refractivity contribution in [3.05, 3.63) is 17.5 Å². The molecule has 18 heavy (non-hydrogen) atoms. The second-order valence-corrected chi connectivity index (χ2v) is 4.05. The van der Waals surface area contributed by atoms with Crippen LogP contribution in [0.5, 0.6) is 0 Å². The molecule has 1 unspecified atom stereocenters. The van der Waals surface area contributed by atoms with E-state index in [1.165, 1.54) is 4.68 Å². The summed E-state index contributed by atoms with van der Waals surface area (Å²) in [4.78, 5) is 11.6. The smallest absolute Gasteiger partial charge is 0.341 e. The second kappa shape index (κ2) is 6.47. The van der Waals surface area contributed by atoms with Crippen LogP contribution < -0.4 is 0 Å². The number of hydrogen-bond donors (Lipinski definition) is 0. The SMILES string of the molecule is CCCC(C)n1ncc(C(=O)OCC)c1C(F)F. The Morgan fingerprint density at radius 3 is 2.67 bits per heavy atom. The molecule has 0 fully saturated rings. The van der Waals surface area contributed by atoms with Gasteiger partial charge in [0, 0.05) is 6.04 Å². The Morgan fingerprint density at radius 2 is 2.17 bits per heavy atom. The summed E-state index contributed by atoms with van der Waals surface area (Å²) in [6.07, 6.45) is -0.000442. The molecule has 0 aliphatic heterocycles. The van der Waals surface area contributed by atoms with Crippen LogP contribution in [0.25, 0.3) is 0 Å². The zero-order valence-corrected chi connectivity index (χ0v) is 10.8. The van der Waals surface area contributed by atoms with Gasteiger partial charge in [-0.3, -0.25) is 4.68 Å². The van der Waals surface area contributed by atoms with Gasteiger partial charge in [0.15, 0.2) is 0 Å². The van der Waals surface area contributed by atoms with Crippen molar-refractivity contribution < 1.29 is 18.3 Å².